The van der Waals surface area contributed by atoms with Gasteiger partial charge in [-0.2, -0.15) is 0 Å². The van der Waals surface area contributed by atoms with Gasteiger partial charge in [-0.1, -0.05) is 6.92 Å². The molecule has 1 amide bonds. The van der Waals surface area contributed by atoms with Crippen molar-refractivity contribution < 1.29 is 24.2 Å². The number of amides is 1. The lowest BCUT2D eigenvalue weighted by Crippen LogP contribution is -2.50. The highest BCUT2D eigenvalue weighted by atomic mass is 16.5. The average molecular weight is 317 g/mol. The molecule has 0 aliphatic carbocycles. The third-order valence-electron chi connectivity index (χ3n) is 3.89. The maximum absolute atomic E-state index is 11.8. The molecule has 6 heteroatoms. The third-order valence-corrected chi connectivity index (χ3v) is 3.89. The van der Waals surface area contributed by atoms with Crippen molar-refractivity contribution >= 4 is 11.9 Å². The van der Waals surface area contributed by atoms with Gasteiger partial charge >= 0.3 is 5.97 Å². The Morgan fingerprint density at radius 2 is 1.77 bits per heavy atom. The van der Waals surface area contributed by atoms with Crippen LogP contribution in [0.25, 0.3) is 0 Å². The van der Waals surface area contributed by atoms with Gasteiger partial charge in [0.1, 0.15) is 0 Å². The van der Waals surface area contributed by atoms with E-state index < -0.39 is 11.5 Å². The summed E-state index contributed by atoms with van der Waals surface area (Å²) in [6.45, 7) is 11.0. The molecule has 6 nitrogen and oxygen atoms in total. The molecule has 0 radical (unpaired) electrons. The van der Waals surface area contributed by atoms with Crippen molar-refractivity contribution in [3.05, 3.63) is 0 Å². The second-order valence-electron chi connectivity index (χ2n) is 6.88. The molecule has 0 bridgehead atoms. The molecule has 130 valence electrons. The van der Waals surface area contributed by atoms with E-state index >= 15 is 0 Å². The van der Waals surface area contributed by atoms with E-state index in [1.165, 1.54) is 0 Å². The molecule has 0 saturated carbocycles. The van der Waals surface area contributed by atoms with Crippen LogP contribution in [0.2, 0.25) is 0 Å². The van der Waals surface area contributed by atoms with Gasteiger partial charge in [0.15, 0.2) is 0 Å². The fourth-order valence-electron chi connectivity index (χ4n) is 1.74. The van der Waals surface area contributed by atoms with Crippen LogP contribution in [0.4, 0.5) is 0 Å². The number of ether oxygens (including phenoxy) is 2. The van der Waals surface area contributed by atoms with E-state index in [2.05, 4.69) is 5.32 Å². The summed E-state index contributed by atoms with van der Waals surface area (Å²) in [6, 6.07) is 0. The maximum Gasteiger partial charge on any atom is 0.303 e. The van der Waals surface area contributed by atoms with Gasteiger partial charge < -0.3 is 19.9 Å². The van der Waals surface area contributed by atoms with Crippen molar-refractivity contribution in [2.75, 3.05) is 20.3 Å². The van der Waals surface area contributed by atoms with Crippen molar-refractivity contribution in [1.29, 1.82) is 0 Å². The van der Waals surface area contributed by atoms with Gasteiger partial charge in [-0.3, -0.25) is 9.59 Å². The zero-order chi connectivity index (χ0) is 17.4. The van der Waals surface area contributed by atoms with Crippen molar-refractivity contribution in [1.82, 2.24) is 5.32 Å². The Balaban J connectivity index is 4.34. The van der Waals surface area contributed by atoms with Crippen LogP contribution < -0.4 is 5.32 Å². The maximum atomic E-state index is 11.8. The van der Waals surface area contributed by atoms with E-state index in [9.17, 15) is 9.59 Å². The van der Waals surface area contributed by atoms with Crippen molar-refractivity contribution in [2.45, 2.75) is 65.0 Å². The molecule has 0 rings (SSSR count). The van der Waals surface area contributed by atoms with Crippen molar-refractivity contribution in [2.24, 2.45) is 5.92 Å². The van der Waals surface area contributed by atoms with E-state index in [1.807, 2.05) is 34.6 Å². The Kier molecular flexibility index (Phi) is 8.63. The SMILES string of the molecule is COCCC(C)(C)OCC(C)C(C)(C)NC(=O)CCC(=O)O. The molecule has 0 aromatic rings. The first kappa shape index (κ1) is 20.9. The van der Waals surface area contributed by atoms with Crippen LogP contribution >= 0.6 is 0 Å². The third kappa shape index (κ3) is 9.00. The summed E-state index contributed by atoms with van der Waals surface area (Å²) in [5, 5.41) is 11.5. The number of hydrogen-bond donors (Lipinski definition) is 2. The molecule has 0 aromatic heterocycles. The molecule has 0 heterocycles. The Morgan fingerprint density at radius 1 is 1.18 bits per heavy atom. The number of carbonyl (C=O) groups excluding carboxylic acids is 1. The number of aliphatic carboxylic acids is 1. The number of methoxy groups -OCH3 is 1. The van der Waals surface area contributed by atoms with Crippen LogP contribution in [0.5, 0.6) is 0 Å². The van der Waals surface area contributed by atoms with Crippen molar-refractivity contribution in [3.8, 4) is 0 Å². The van der Waals surface area contributed by atoms with Crippen LogP contribution in [-0.4, -0.2) is 48.4 Å². The fraction of sp³-hybridized carbons (Fsp3) is 0.875. The second kappa shape index (κ2) is 9.10. The summed E-state index contributed by atoms with van der Waals surface area (Å²) in [5.41, 5.74) is -0.749. The lowest BCUT2D eigenvalue weighted by molar-refractivity contribution is -0.139. The Labute approximate surface area is 133 Å². The quantitative estimate of drug-likeness (QED) is 0.610. The molecule has 0 aromatic carbocycles. The van der Waals surface area contributed by atoms with E-state index in [4.69, 9.17) is 14.6 Å². The number of hydrogen-bond acceptors (Lipinski definition) is 4. The molecule has 0 saturated heterocycles. The Hall–Kier alpha value is -1.14. The largest absolute Gasteiger partial charge is 0.481 e. The van der Waals surface area contributed by atoms with E-state index in [0.717, 1.165) is 6.42 Å². The van der Waals surface area contributed by atoms with Crippen LogP contribution in [0.1, 0.15) is 53.9 Å². The fourth-order valence-corrected chi connectivity index (χ4v) is 1.74. The van der Waals surface area contributed by atoms with Gasteiger partial charge in [0, 0.05) is 31.6 Å². The van der Waals surface area contributed by atoms with Crippen LogP contribution in [0.15, 0.2) is 0 Å². The highest BCUT2D eigenvalue weighted by Crippen LogP contribution is 2.21. The van der Waals surface area contributed by atoms with Gasteiger partial charge in [0.2, 0.25) is 5.91 Å². The number of rotatable bonds is 11. The smallest absolute Gasteiger partial charge is 0.303 e. The van der Waals surface area contributed by atoms with E-state index in [1.54, 1.807) is 7.11 Å². The van der Waals surface area contributed by atoms with Gasteiger partial charge in [0.25, 0.3) is 0 Å². The lowest BCUT2D eigenvalue weighted by atomic mass is 9.89. The van der Waals surface area contributed by atoms with Gasteiger partial charge in [-0.05, 0) is 34.1 Å². The Bertz CT molecular complexity index is 366. The highest BCUT2D eigenvalue weighted by Gasteiger charge is 2.30. The molecule has 2 N–H and O–H groups in total. The first-order valence-electron chi connectivity index (χ1n) is 7.66. The predicted molar refractivity (Wildman–Crippen MR) is 84.8 cm³/mol. The average Bonchev–Trinajstić information content (AvgIpc) is 2.40. The van der Waals surface area contributed by atoms with Gasteiger partial charge in [-0.25, -0.2) is 0 Å². The number of carboxylic acids is 1. The zero-order valence-corrected chi connectivity index (χ0v) is 14.7. The van der Waals surface area contributed by atoms with E-state index in [0.29, 0.717) is 13.2 Å². The first-order chi connectivity index (χ1) is 10.00. The van der Waals surface area contributed by atoms with E-state index in [-0.39, 0.29) is 30.3 Å². The number of nitrogens with one attached hydrogen (secondary N) is 1. The summed E-state index contributed by atoms with van der Waals surface area (Å²) in [7, 11) is 1.66. The molecule has 0 fully saturated rings. The topological polar surface area (TPSA) is 84.9 Å². The monoisotopic (exact) mass is 317 g/mol. The predicted octanol–water partition coefficient (Wildman–Crippen LogP) is 2.21. The second-order valence-corrected chi connectivity index (χ2v) is 6.88. The molecular formula is C16H31NO5. The number of carbonyl (C=O) groups is 2. The molecule has 0 aliphatic rings. The minimum Gasteiger partial charge on any atom is -0.481 e. The molecule has 22 heavy (non-hydrogen) atoms. The molecular weight excluding hydrogens is 286 g/mol. The standard InChI is InChI=1S/C16H31NO5/c1-12(11-22-15(2,3)9-10-21-6)16(4,5)17-13(18)7-8-14(19)20/h12H,7-11H2,1-6H3,(H,17,18)(H,19,20). The first-order valence-corrected chi connectivity index (χ1v) is 7.66. The molecule has 0 aliphatic heterocycles. The minimum atomic E-state index is -0.968. The summed E-state index contributed by atoms with van der Waals surface area (Å²) < 4.78 is 11.0. The van der Waals surface area contributed by atoms with Gasteiger partial charge in [-0.15, -0.1) is 0 Å². The van der Waals surface area contributed by atoms with Crippen LogP contribution in [0, 0.1) is 5.92 Å². The summed E-state index contributed by atoms with van der Waals surface area (Å²) in [5.74, 6) is -1.13. The minimum absolute atomic E-state index is 0.00826. The van der Waals surface area contributed by atoms with Gasteiger partial charge in [0.05, 0.1) is 18.6 Å². The van der Waals surface area contributed by atoms with Crippen LogP contribution in [-0.2, 0) is 19.1 Å². The lowest BCUT2D eigenvalue weighted by Gasteiger charge is -2.35. The number of carboxylic acid groups (broad SMARTS) is 1. The van der Waals surface area contributed by atoms with Crippen LogP contribution in [0.3, 0.4) is 0 Å². The summed E-state index contributed by atoms with van der Waals surface area (Å²) in [4.78, 5) is 22.3. The van der Waals surface area contributed by atoms with Crippen molar-refractivity contribution in [3.63, 3.8) is 0 Å². The summed E-state index contributed by atoms with van der Waals surface area (Å²) >= 11 is 0. The Morgan fingerprint density at radius 3 is 2.27 bits per heavy atom. The summed E-state index contributed by atoms with van der Waals surface area (Å²) in [6.07, 6.45) is 0.629. The molecule has 1 unspecified atom stereocenters. The normalized spacial score (nSPS) is 13.7. The highest BCUT2D eigenvalue weighted by molar-refractivity contribution is 5.81. The molecule has 1 atom stereocenters. The zero-order valence-electron chi connectivity index (χ0n) is 14.7. The molecule has 0 spiro atoms.